The Morgan fingerprint density at radius 3 is 2.81 bits per heavy atom. The topological polar surface area (TPSA) is 66.5 Å². The molecule has 6 heteroatoms. The summed E-state index contributed by atoms with van der Waals surface area (Å²) >= 11 is 0. The standard InChI is InChI=1S/C20H26N4O2/c1-3-15(2)22-19-14-16(8-9-21-19)20(25)23-17-6-4-5-7-18(17)24-10-12-26-13-11-24/h4-9,14-15H,3,10-13H2,1-2H3,(H,21,22)(H,23,25). The van der Waals surface area contributed by atoms with Gasteiger partial charge in [-0.25, -0.2) is 4.98 Å². The van der Waals surface area contributed by atoms with Crippen molar-refractivity contribution in [1.82, 2.24) is 4.98 Å². The molecule has 0 radical (unpaired) electrons. The Kier molecular flexibility index (Phi) is 6.07. The summed E-state index contributed by atoms with van der Waals surface area (Å²) in [5.41, 5.74) is 2.42. The van der Waals surface area contributed by atoms with Crippen LogP contribution in [0.15, 0.2) is 42.6 Å². The van der Waals surface area contributed by atoms with Crippen LogP contribution in [0.5, 0.6) is 0 Å². The summed E-state index contributed by atoms with van der Waals surface area (Å²) in [7, 11) is 0. The van der Waals surface area contributed by atoms with Gasteiger partial charge in [0.05, 0.1) is 24.6 Å². The van der Waals surface area contributed by atoms with E-state index in [0.717, 1.165) is 30.9 Å². The van der Waals surface area contributed by atoms with E-state index in [1.807, 2.05) is 24.3 Å². The molecule has 2 aromatic rings. The largest absolute Gasteiger partial charge is 0.378 e. The monoisotopic (exact) mass is 354 g/mol. The predicted molar refractivity (Wildman–Crippen MR) is 105 cm³/mol. The number of ether oxygens (including phenoxy) is 1. The molecule has 26 heavy (non-hydrogen) atoms. The smallest absolute Gasteiger partial charge is 0.255 e. The first-order chi connectivity index (χ1) is 12.7. The van der Waals surface area contributed by atoms with Crippen LogP contribution in [0.1, 0.15) is 30.6 Å². The first-order valence-electron chi connectivity index (χ1n) is 9.13. The third-order valence-corrected chi connectivity index (χ3v) is 4.53. The van der Waals surface area contributed by atoms with Crippen LogP contribution in [0.4, 0.5) is 17.2 Å². The molecule has 1 aliphatic rings. The van der Waals surface area contributed by atoms with Gasteiger partial charge in [-0.05, 0) is 37.6 Å². The molecule has 0 spiro atoms. The van der Waals surface area contributed by atoms with Gasteiger partial charge in [-0.1, -0.05) is 19.1 Å². The molecule has 1 aromatic heterocycles. The van der Waals surface area contributed by atoms with Crippen LogP contribution in [0, 0.1) is 0 Å². The number of hydrogen-bond acceptors (Lipinski definition) is 5. The lowest BCUT2D eigenvalue weighted by molar-refractivity contribution is 0.102. The maximum atomic E-state index is 12.7. The summed E-state index contributed by atoms with van der Waals surface area (Å²) in [6, 6.07) is 11.7. The Hall–Kier alpha value is -2.60. The Bertz CT molecular complexity index is 744. The van der Waals surface area contributed by atoms with Crippen molar-refractivity contribution >= 4 is 23.1 Å². The first-order valence-corrected chi connectivity index (χ1v) is 9.13. The summed E-state index contributed by atoms with van der Waals surface area (Å²) in [4.78, 5) is 19.3. The highest BCUT2D eigenvalue weighted by Gasteiger charge is 2.16. The van der Waals surface area contributed by atoms with Gasteiger partial charge in [-0.2, -0.15) is 0 Å². The average Bonchev–Trinajstić information content (AvgIpc) is 2.69. The molecule has 2 heterocycles. The number of benzene rings is 1. The zero-order valence-corrected chi connectivity index (χ0v) is 15.4. The second-order valence-corrected chi connectivity index (χ2v) is 6.45. The van der Waals surface area contributed by atoms with Crippen LogP contribution < -0.4 is 15.5 Å². The minimum Gasteiger partial charge on any atom is -0.378 e. The molecule has 1 amide bonds. The van der Waals surface area contributed by atoms with Crippen LogP contribution in [0.3, 0.4) is 0 Å². The van der Waals surface area contributed by atoms with Gasteiger partial charge in [0.15, 0.2) is 0 Å². The fraction of sp³-hybridized carbons (Fsp3) is 0.400. The number of anilines is 3. The first kappa shape index (κ1) is 18.2. The molecule has 1 fully saturated rings. The fourth-order valence-electron chi connectivity index (χ4n) is 2.86. The number of morpholine rings is 1. The number of aromatic nitrogens is 1. The molecule has 0 aliphatic carbocycles. The SMILES string of the molecule is CCC(C)Nc1cc(C(=O)Nc2ccccc2N2CCOCC2)ccn1. The number of hydrogen-bond donors (Lipinski definition) is 2. The van der Waals surface area contributed by atoms with E-state index in [9.17, 15) is 4.79 Å². The molecule has 1 aromatic carbocycles. The van der Waals surface area contributed by atoms with E-state index < -0.39 is 0 Å². The third kappa shape index (κ3) is 4.52. The number of pyridine rings is 1. The van der Waals surface area contributed by atoms with Crippen molar-refractivity contribution in [2.75, 3.05) is 41.8 Å². The van der Waals surface area contributed by atoms with E-state index in [1.54, 1.807) is 18.3 Å². The van der Waals surface area contributed by atoms with E-state index in [0.29, 0.717) is 30.6 Å². The van der Waals surface area contributed by atoms with E-state index in [2.05, 4.69) is 34.4 Å². The Morgan fingerprint density at radius 2 is 2.04 bits per heavy atom. The Morgan fingerprint density at radius 1 is 1.27 bits per heavy atom. The highest BCUT2D eigenvalue weighted by atomic mass is 16.5. The number of carbonyl (C=O) groups excluding carboxylic acids is 1. The van der Waals surface area contributed by atoms with Crippen molar-refractivity contribution in [3.8, 4) is 0 Å². The summed E-state index contributed by atoms with van der Waals surface area (Å²) < 4.78 is 5.42. The normalized spacial score (nSPS) is 15.4. The maximum absolute atomic E-state index is 12.7. The number of para-hydroxylation sites is 2. The van der Waals surface area contributed by atoms with Crippen LogP contribution >= 0.6 is 0 Å². The second-order valence-electron chi connectivity index (χ2n) is 6.45. The minimum absolute atomic E-state index is 0.139. The van der Waals surface area contributed by atoms with Gasteiger partial charge < -0.3 is 20.3 Å². The Labute approximate surface area is 154 Å². The summed E-state index contributed by atoms with van der Waals surface area (Å²) in [5.74, 6) is 0.578. The molecule has 2 N–H and O–H groups in total. The average molecular weight is 354 g/mol. The highest BCUT2D eigenvalue weighted by Crippen LogP contribution is 2.27. The van der Waals surface area contributed by atoms with E-state index in [4.69, 9.17) is 4.74 Å². The summed E-state index contributed by atoms with van der Waals surface area (Å²) in [5, 5.41) is 6.34. The van der Waals surface area contributed by atoms with E-state index in [-0.39, 0.29) is 5.91 Å². The molecular formula is C20H26N4O2. The molecule has 6 nitrogen and oxygen atoms in total. The number of amides is 1. The van der Waals surface area contributed by atoms with Gasteiger partial charge in [-0.15, -0.1) is 0 Å². The zero-order valence-electron chi connectivity index (χ0n) is 15.4. The van der Waals surface area contributed by atoms with Crippen molar-refractivity contribution < 1.29 is 9.53 Å². The van der Waals surface area contributed by atoms with Gasteiger partial charge >= 0.3 is 0 Å². The number of rotatable bonds is 6. The molecule has 1 aliphatic heterocycles. The van der Waals surface area contributed by atoms with Crippen molar-refractivity contribution in [3.63, 3.8) is 0 Å². The van der Waals surface area contributed by atoms with Crippen LogP contribution in [0.2, 0.25) is 0 Å². The van der Waals surface area contributed by atoms with Crippen molar-refractivity contribution in [3.05, 3.63) is 48.2 Å². The molecule has 3 rings (SSSR count). The highest BCUT2D eigenvalue weighted by molar-refractivity contribution is 6.06. The zero-order chi connectivity index (χ0) is 18.4. The molecule has 1 saturated heterocycles. The Balaban J connectivity index is 1.75. The van der Waals surface area contributed by atoms with Crippen molar-refractivity contribution in [1.29, 1.82) is 0 Å². The quantitative estimate of drug-likeness (QED) is 0.832. The fourth-order valence-corrected chi connectivity index (χ4v) is 2.86. The number of nitrogens with zero attached hydrogens (tertiary/aromatic N) is 2. The maximum Gasteiger partial charge on any atom is 0.255 e. The molecule has 0 bridgehead atoms. The van der Waals surface area contributed by atoms with Crippen molar-refractivity contribution in [2.24, 2.45) is 0 Å². The molecular weight excluding hydrogens is 328 g/mol. The van der Waals surface area contributed by atoms with Crippen LogP contribution in [-0.4, -0.2) is 43.2 Å². The van der Waals surface area contributed by atoms with Gasteiger partial charge in [0.25, 0.3) is 5.91 Å². The van der Waals surface area contributed by atoms with Crippen LogP contribution in [0.25, 0.3) is 0 Å². The molecule has 1 atom stereocenters. The van der Waals surface area contributed by atoms with E-state index >= 15 is 0 Å². The van der Waals surface area contributed by atoms with Gasteiger partial charge in [0.2, 0.25) is 0 Å². The van der Waals surface area contributed by atoms with E-state index in [1.165, 1.54) is 0 Å². The molecule has 0 saturated carbocycles. The second kappa shape index (κ2) is 8.67. The number of nitrogens with one attached hydrogen (secondary N) is 2. The summed E-state index contributed by atoms with van der Waals surface area (Å²) in [6.07, 6.45) is 2.65. The third-order valence-electron chi connectivity index (χ3n) is 4.53. The minimum atomic E-state index is -0.139. The van der Waals surface area contributed by atoms with Gasteiger partial charge in [0, 0.05) is 30.9 Å². The lowest BCUT2D eigenvalue weighted by atomic mass is 10.2. The molecule has 138 valence electrons. The van der Waals surface area contributed by atoms with Crippen molar-refractivity contribution in [2.45, 2.75) is 26.3 Å². The predicted octanol–water partition coefficient (Wildman–Crippen LogP) is 3.38. The van der Waals surface area contributed by atoms with Gasteiger partial charge in [-0.3, -0.25) is 4.79 Å². The number of carbonyl (C=O) groups is 1. The van der Waals surface area contributed by atoms with Gasteiger partial charge in [0.1, 0.15) is 5.82 Å². The lowest BCUT2D eigenvalue weighted by Gasteiger charge is -2.30. The molecule has 1 unspecified atom stereocenters. The summed E-state index contributed by atoms with van der Waals surface area (Å²) in [6.45, 7) is 7.26. The lowest BCUT2D eigenvalue weighted by Crippen LogP contribution is -2.36. The van der Waals surface area contributed by atoms with Crippen LogP contribution in [-0.2, 0) is 4.74 Å².